The molecule has 0 aliphatic heterocycles. The standard InChI is InChI=1S/C11H11BrO2/c1-7-5-9(3-4-10(13)14)6-8(2)11(7)12/h3-6H,1-2H3,(H,13,14). The molecule has 0 atom stereocenters. The lowest BCUT2D eigenvalue weighted by Gasteiger charge is -2.04. The summed E-state index contributed by atoms with van der Waals surface area (Å²) < 4.78 is 1.07. The lowest BCUT2D eigenvalue weighted by Crippen LogP contribution is -1.87. The Morgan fingerprint density at radius 2 is 1.86 bits per heavy atom. The summed E-state index contributed by atoms with van der Waals surface area (Å²) >= 11 is 3.45. The van der Waals surface area contributed by atoms with E-state index >= 15 is 0 Å². The monoisotopic (exact) mass is 254 g/mol. The third-order valence-electron chi connectivity index (χ3n) is 1.88. The molecular formula is C11H11BrO2. The van der Waals surface area contributed by atoms with Crippen LogP contribution in [0.4, 0.5) is 0 Å². The van der Waals surface area contributed by atoms with E-state index in [1.807, 2.05) is 26.0 Å². The minimum absolute atomic E-state index is 0.908. The molecule has 0 amide bonds. The maximum Gasteiger partial charge on any atom is 0.328 e. The molecule has 0 aliphatic rings. The highest BCUT2D eigenvalue weighted by molar-refractivity contribution is 9.10. The Morgan fingerprint density at radius 1 is 1.36 bits per heavy atom. The van der Waals surface area contributed by atoms with E-state index in [1.165, 1.54) is 0 Å². The van der Waals surface area contributed by atoms with Crippen LogP contribution in [0.3, 0.4) is 0 Å². The first-order chi connectivity index (χ1) is 6.50. The predicted octanol–water partition coefficient (Wildman–Crippen LogP) is 3.16. The first kappa shape index (κ1) is 11.0. The third kappa shape index (κ3) is 2.70. The average molecular weight is 255 g/mol. The van der Waals surface area contributed by atoms with Gasteiger partial charge < -0.3 is 5.11 Å². The fraction of sp³-hybridized carbons (Fsp3) is 0.182. The minimum Gasteiger partial charge on any atom is -0.478 e. The van der Waals surface area contributed by atoms with E-state index in [2.05, 4.69) is 15.9 Å². The summed E-state index contributed by atoms with van der Waals surface area (Å²) in [6, 6.07) is 3.88. The largest absolute Gasteiger partial charge is 0.478 e. The van der Waals surface area contributed by atoms with Gasteiger partial charge in [-0.25, -0.2) is 4.79 Å². The second kappa shape index (κ2) is 4.42. The smallest absolute Gasteiger partial charge is 0.328 e. The number of benzene rings is 1. The fourth-order valence-electron chi connectivity index (χ4n) is 1.24. The molecule has 0 saturated carbocycles. The zero-order chi connectivity index (χ0) is 10.7. The summed E-state index contributed by atoms with van der Waals surface area (Å²) in [7, 11) is 0. The fourth-order valence-corrected chi connectivity index (χ4v) is 1.47. The maximum absolute atomic E-state index is 10.3. The van der Waals surface area contributed by atoms with Gasteiger partial charge in [0.25, 0.3) is 0 Å². The number of aryl methyl sites for hydroxylation is 2. The van der Waals surface area contributed by atoms with Gasteiger partial charge in [-0.2, -0.15) is 0 Å². The van der Waals surface area contributed by atoms with Crippen LogP contribution in [0, 0.1) is 13.8 Å². The Balaban J connectivity index is 3.07. The molecule has 14 heavy (non-hydrogen) atoms. The Labute approximate surface area is 91.4 Å². The SMILES string of the molecule is Cc1cc(C=CC(=O)O)cc(C)c1Br. The molecule has 74 valence electrons. The molecule has 2 nitrogen and oxygen atoms in total. The molecule has 0 aromatic heterocycles. The van der Waals surface area contributed by atoms with Crippen molar-refractivity contribution < 1.29 is 9.90 Å². The van der Waals surface area contributed by atoms with Crippen LogP contribution in [0.25, 0.3) is 6.08 Å². The van der Waals surface area contributed by atoms with Crippen LogP contribution < -0.4 is 0 Å². The van der Waals surface area contributed by atoms with Gasteiger partial charge in [0.15, 0.2) is 0 Å². The second-order valence-electron chi connectivity index (χ2n) is 3.14. The number of aliphatic carboxylic acids is 1. The number of carbonyl (C=O) groups is 1. The van der Waals surface area contributed by atoms with Crippen molar-refractivity contribution in [1.82, 2.24) is 0 Å². The molecule has 3 heteroatoms. The molecule has 1 N–H and O–H groups in total. The molecule has 0 radical (unpaired) electrons. The van der Waals surface area contributed by atoms with Crippen molar-refractivity contribution in [3.8, 4) is 0 Å². The molecule has 0 aliphatic carbocycles. The first-order valence-electron chi connectivity index (χ1n) is 4.18. The van der Waals surface area contributed by atoms with Crippen molar-refractivity contribution in [3.63, 3.8) is 0 Å². The van der Waals surface area contributed by atoms with Crippen molar-refractivity contribution in [1.29, 1.82) is 0 Å². The zero-order valence-electron chi connectivity index (χ0n) is 8.04. The van der Waals surface area contributed by atoms with E-state index in [0.29, 0.717) is 0 Å². The van der Waals surface area contributed by atoms with Crippen LogP contribution in [-0.4, -0.2) is 11.1 Å². The van der Waals surface area contributed by atoms with E-state index in [1.54, 1.807) is 6.08 Å². The number of carboxylic acid groups (broad SMARTS) is 1. The molecule has 1 aromatic carbocycles. The van der Waals surface area contributed by atoms with Crippen molar-refractivity contribution in [2.24, 2.45) is 0 Å². The Morgan fingerprint density at radius 3 is 2.29 bits per heavy atom. The van der Waals surface area contributed by atoms with Gasteiger partial charge in [-0.1, -0.05) is 28.1 Å². The van der Waals surface area contributed by atoms with E-state index < -0.39 is 5.97 Å². The highest BCUT2D eigenvalue weighted by Crippen LogP contribution is 2.22. The van der Waals surface area contributed by atoms with Gasteiger partial charge in [0.05, 0.1) is 0 Å². The van der Waals surface area contributed by atoms with Crippen molar-refractivity contribution in [2.45, 2.75) is 13.8 Å². The number of carboxylic acids is 1. The number of hydrogen-bond donors (Lipinski definition) is 1. The normalized spacial score (nSPS) is 10.8. The predicted molar refractivity (Wildman–Crippen MR) is 60.3 cm³/mol. The number of hydrogen-bond acceptors (Lipinski definition) is 1. The number of halogens is 1. The highest BCUT2D eigenvalue weighted by Gasteiger charge is 2.00. The number of rotatable bonds is 2. The van der Waals surface area contributed by atoms with Gasteiger partial charge in [-0.15, -0.1) is 0 Å². The molecule has 0 spiro atoms. The molecule has 0 unspecified atom stereocenters. The van der Waals surface area contributed by atoms with Crippen molar-refractivity contribution in [2.75, 3.05) is 0 Å². The topological polar surface area (TPSA) is 37.3 Å². The molecule has 1 rings (SSSR count). The van der Waals surface area contributed by atoms with E-state index in [0.717, 1.165) is 27.2 Å². The van der Waals surface area contributed by atoms with Gasteiger partial charge >= 0.3 is 5.97 Å². The maximum atomic E-state index is 10.3. The average Bonchev–Trinajstić information content (AvgIpc) is 2.10. The summed E-state index contributed by atoms with van der Waals surface area (Å²) in [4.78, 5) is 10.3. The van der Waals surface area contributed by atoms with Gasteiger partial charge in [0.1, 0.15) is 0 Å². The van der Waals surface area contributed by atoms with Gasteiger partial charge in [0, 0.05) is 10.5 Å². The summed E-state index contributed by atoms with van der Waals surface area (Å²) in [5, 5.41) is 8.47. The Kier molecular flexibility index (Phi) is 3.47. The summed E-state index contributed by atoms with van der Waals surface area (Å²) in [5.41, 5.74) is 3.12. The Hall–Kier alpha value is -1.09. The van der Waals surface area contributed by atoms with Crippen LogP contribution in [0.2, 0.25) is 0 Å². The van der Waals surface area contributed by atoms with E-state index in [4.69, 9.17) is 5.11 Å². The lowest BCUT2D eigenvalue weighted by molar-refractivity contribution is -0.131. The van der Waals surface area contributed by atoms with Crippen LogP contribution in [0.1, 0.15) is 16.7 Å². The quantitative estimate of drug-likeness (QED) is 0.824. The zero-order valence-corrected chi connectivity index (χ0v) is 9.63. The summed E-state index contributed by atoms with van der Waals surface area (Å²) in [6.07, 6.45) is 2.73. The molecule has 0 bridgehead atoms. The molecule has 1 aromatic rings. The molecule has 0 heterocycles. The minimum atomic E-state index is -0.928. The van der Waals surface area contributed by atoms with Crippen LogP contribution in [0.5, 0.6) is 0 Å². The van der Waals surface area contributed by atoms with Gasteiger partial charge in [-0.3, -0.25) is 0 Å². The summed E-state index contributed by atoms with van der Waals surface area (Å²) in [5.74, 6) is -0.928. The summed E-state index contributed by atoms with van der Waals surface area (Å²) in [6.45, 7) is 3.96. The third-order valence-corrected chi connectivity index (χ3v) is 3.13. The van der Waals surface area contributed by atoms with E-state index in [-0.39, 0.29) is 0 Å². The lowest BCUT2D eigenvalue weighted by atomic mass is 10.1. The van der Waals surface area contributed by atoms with Gasteiger partial charge in [0.2, 0.25) is 0 Å². The van der Waals surface area contributed by atoms with Gasteiger partial charge in [-0.05, 0) is 36.6 Å². The van der Waals surface area contributed by atoms with Crippen molar-refractivity contribution in [3.05, 3.63) is 39.4 Å². The molecule has 0 saturated heterocycles. The van der Waals surface area contributed by atoms with Crippen LogP contribution in [0.15, 0.2) is 22.7 Å². The first-order valence-corrected chi connectivity index (χ1v) is 4.98. The van der Waals surface area contributed by atoms with Crippen LogP contribution in [-0.2, 0) is 4.79 Å². The van der Waals surface area contributed by atoms with Crippen LogP contribution >= 0.6 is 15.9 Å². The van der Waals surface area contributed by atoms with Crippen molar-refractivity contribution >= 4 is 28.0 Å². The molecular weight excluding hydrogens is 244 g/mol. The second-order valence-corrected chi connectivity index (χ2v) is 3.93. The highest BCUT2D eigenvalue weighted by atomic mass is 79.9. The molecule has 0 fully saturated rings. The Bertz CT molecular complexity index is 371. The van der Waals surface area contributed by atoms with E-state index in [9.17, 15) is 4.79 Å².